The van der Waals surface area contributed by atoms with Gasteiger partial charge in [0.15, 0.2) is 23.1 Å². The van der Waals surface area contributed by atoms with Crippen LogP contribution in [0.3, 0.4) is 0 Å². The average Bonchev–Trinajstić information content (AvgIpc) is 3.85. The van der Waals surface area contributed by atoms with Crippen molar-refractivity contribution < 1.29 is 27.6 Å². The first-order valence-corrected chi connectivity index (χ1v) is 15.1. The van der Waals surface area contributed by atoms with Gasteiger partial charge in [-0.2, -0.15) is 15.3 Å². The van der Waals surface area contributed by atoms with Crippen LogP contribution in [-0.2, 0) is 22.6 Å². The van der Waals surface area contributed by atoms with E-state index in [4.69, 9.17) is 5.73 Å². The number of primary amides is 1. The second kappa shape index (κ2) is 11.7. The minimum Gasteiger partial charge on any atom is -0.364 e. The van der Waals surface area contributed by atoms with Crippen molar-refractivity contribution in [3.63, 3.8) is 0 Å². The Bertz CT molecular complexity index is 2000. The molecule has 4 heterocycles. The van der Waals surface area contributed by atoms with Gasteiger partial charge >= 0.3 is 0 Å². The van der Waals surface area contributed by atoms with E-state index in [9.17, 15) is 27.6 Å². The number of benzene rings is 2. The van der Waals surface area contributed by atoms with Crippen LogP contribution in [0.25, 0.3) is 33.1 Å². The van der Waals surface area contributed by atoms with E-state index in [1.54, 1.807) is 35.0 Å². The van der Waals surface area contributed by atoms with Crippen molar-refractivity contribution >= 4 is 39.5 Å². The molecule has 236 valence electrons. The second-order valence-corrected chi connectivity index (χ2v) is 11.8. The van der Waals surface area contributed by atoms with Crippen LogP contribution >= 0.6 is 0 Å². The standard InChI is InChI=1S/C32H29F3N8O3/c33-19-12-25(26(44)16-42-24-8-5-17(18-9-10-37-38-14-18)11-21(24)30(40-42)32(36)46)41(15-19)28(45)13-27-39-23-7-6-22(34)29(35)31(23)43(27)20-3-1-2-4-20/h5-11,14,19-20,25H,1-4,12-13,15-16H2,(H2,36,46). The van der Waals surface area contributed by atoms with Gasteiger partial charge < -0.3 is 15.2 Å². The normalized spacial score (nSPS) is 18.6. The number of aromatic nitrogens is 6. The Morgan fingerprint density at radius 1 is 1.00 bits per heavy atom. The van der Waals surface area contributed by atoms with Gasteiger partial charge in [-0.15, -0.1) is 0 Å². The van der Waals surface area contributed by atoms with Crippen LogP contribution in [0.4, 0.5) is 13.2 Å². The summed E-state index contributed by atoms with van der Waals surface area (Å²) in [5.41, 5.74) is 7.75. The highest BCUT2D eigenvalue weighted by Crippen LogP contribution is 2.36. The third-order valence-corrected chi connectivity index (χ3v) is 8.96. The van der Waals surface area contributed by atoms with E-state index >= 15 is 0 Å². The molecule has 5 aromatic rings. The number of carbonyl (C=O) groups excluding carboxylic acids is 3. The van der Waals surface area contributed by atoms with Crippen LogP contribution in [-0.4, -0.2) is 70.8 Å². The molecule has 46 heavy (non-hydrogen) atoms. The summed E-state index contributed by atoms with van der Waals surface area (Å²) in [5, 5.41) is 12.4. The lowest BCUT2D eigenvalue weighted by molar-refractivity contribution is -0.137. The molecular weight excluding hydrogens is 601 g/mol. The number of hydrogen-bond donors (Lipinski definition) is 1. The molecule has 1 saturated carbocycles. The molecule has 0 spiro atoms. The fourth-order valence-electron chi connectivity index (χ4n) is 6.83. The van der Waals surface area contributed by atoms with Crippen LogP contribution in [0, 0.1) is 11.6 Å². The molecule has 1 aliphatic carbocycles. The number of ketones is 1. The van der Waals surface area contributed by atoms with Gasteiger partial charge in [0, 0.05) is 23.4 Å². The fourth-order valence-corrected chi connectivity index (χ4v) is 6.83. The summed E-state index contributed by atoms with van der Waals surface area (Å²) < 4.78 is 47.0. The monoisotopic (exact) mass is 630 g/mol. The van der Waals surface area contributed by atoms with Gasteiger partial charge in [0.1, 0.15) is 24.1 Å². The molecule has 11 nitrogen and oxygen atoms in total. The van der Waals surface area contributed by atoms with Crippen molar-refractivity contribution in [1.29, 1.82) is 0 Å². The Morgan fingerprint density at radius 3 is 2.54 bits per heavy atom. The molecule has 0 radical (unpaired) electrons. The van der Waals surface area contributed by atoms with E-state index in [-0.39, 0.29) is 54.5 Å². The molecule has 2 unspecified atom stereocenters. The summed E-state index contributed by atoms with van der Waals surface area (Å²) in [5.74, 6) is -3.61. The van der Waals surface area contributed by atoms with Crippen LogP contribution < -0.4 is 5.73 Å². The molecule has 1 aliphatic heterocycles. The minimum atomic E-state index is -1.44. The van der Waals surface area contributed by atoms with Gasteiger partial charge in [0.2, 0.25) is 5.91 Å². The van der Waals surface area contributed by atoms with E-state index in [2.05, 4.69) is 20.3 Å². The smallest absolute Gasteiger partial charge is 0.269 e. The van der Waals surface area contributed by atoms with Gasteiger partial charge in [-0.3, -0.25) is 19.1 Å². The molecule has 1 saturated heterocycles. The number of fused-ring (bicyclic) bond motifs is 2. The predicted octanol–water partition coefficient (Wildman–Crippen LogP) is 4.09. The highest BCUT2D eigenvalue weighted by atomic mass is 19.2. The molecule has 2 N–H and O–H groups in total. The number of imidazole rings is 1. The summed E-state index contributed by atoms with van der Waals surface area (Å²) in [7, 11) is 0. The minimum absolute atomic E-state index is 0.00582. The van der Waals surface area contributed by atoms with Crippen molar-refractivity contribution in [2.45, 2.75) is 63.3 Å². The van der Waals surface area contributed by atoms with Gasteiger partial charge in [-0.1, -0.05) is 18.9 Å². The van der Waals surface area contributed by atoms with E-state index in [1.165, 1.54) is 21.8 Å². The van der Waals surface area contributed by atoms with Crippen LogP contribution in [0.2, 0.25) is 0 Å². The van der Waals surface area contributed by atoms with Crippen molar-refractivity contribution in [2.24, 2.45) is 5.73 Å². The van der Waals surface area contributed by atoms with E-state index in [1.807, 2.05) is 0 Å². The second-order valence-electron chi connectivity index (χ2n) is 11.8. The Kier molecular flexibility index (Phi) is 7.49. The Balaban J connectivity index is 1.17. The molecule has 2 fully saturated rings. The van der Waals surface area contributed by atoms with Crippen molar-refractivity contribution in [2.75, 3.05) is 6.54 Å². The largest absolute Gasteiger partial charge is 0.364 e. The molecule has 2 amide bonds. The van der Waals surface area contributed by atoms with Gasteiger partial charge in [0.05, 0.1) is 42.4 Å². The van der Waals surface area contributed by atoms with E-state index in [0.29, 0.717) is 10.9 Å². The highest BCUT2D eigenvalue weighted by Gasteiger charge is 2.40. The summed E-state index contributed by atoms with van der Waals surface area (Å²) in [4.78, 5) is 45.3. The zero-order valence-electron chi connectivity index (χ0n) is 24.6. The maximum absolute atomic E-state index is 15.0. The summed E-state index contributed by atoms with van der Waals surface area (Å²) in [6.07, 6.45) is 4.41. The molecule has 3 aromatic heterocycles. The van der Waals surface area contributed by atoms with Gasteiger partial charge in [0.25, 0.3) is 5.91 Å². The first-order valence-electron chi connectivity index (χ1n) is 15.1. The van der Waals surface area contributed by atoms with Crippen molar-refractivity contribution in [3.8, 4) is 11.1 Å². The van der Waals surface area contributed by atoms with Gasteiger partial charge in [-0.05, 0) is 48.7 Å². The quantitative estimate of drug-likeness (QED) is 0.272. The Morgan fingerprint density at radius 2 is 1.80 bits per heavy atom. The molecule has 2 aromatic carbocycles. The average molecular weight is 631 g/mol. The van der Waals surface area contributed by atoms with Crippen LogP contribution in [0.5, 0.6) is 0 Å². The lowest BCUT2D eigenvalue weighted by Gasteiger charge is -2.24. The summed E-state index contributed by atoms with van der Waals surface area (Å²) in [6.45, 7) is -0.635. The zero-order chi connectivity index (χ0) is 32.1. The number of nitrogens with zero attached hydrogens (tertiary/aromatic N) is 7. The number of amides is 2. The lowest BCUT2D eigenvalue weighted by Crippen LogP contribution is -2.43. The molecule has 2 aliphatic rings. The fraction of sp³-hybridized carbons (Fsp3) is 0.344. The molecule has 7 rings (SSSR count). The zero-order valence-corrected chi connectivity index (χ0v) is 24.6. The predicted molar refractivity (Wildman–Crippen MR) is 160 cm³/mol. The summed E-state index contributed by atoms with van der Waals surface area (Å²) in [6, 6.07) is 8.06. The lowest BCUT2D eigenvalue weighted by atomic mass is 10.0. The first-order chi connectivity index (χ1) is 22.2. The van der Waals surface area contributed by atoms with Crippen LogP contribution in [0.1, 0.15) is 54.5 Å². The first kappa shape index (κ1) is 29.6. The van der Waals surface area contributed by atoms with Crippen LogP contribution in [0.15, 0.2) is 48.8 Å². The van der Waals surface area contributed by atoms with Crippen molar-refractivity contribution in [1.82, 2.24) is 34.4 Å². The van der Waals surface area contributed by atoms with E-state index in [0.717, 1.165) is 42.9 Å². The molecule has 14 heteroatoms. The molecule has 2 atom stereocenters. The SMILES string of the molecule is NC(=O)c1nn(CC(=O)C2CC(F)CN2C(=O)Cc2nc3ccc(F)c(F)c3n2C2CCCC2)c2ccc(-c3ccnnc3)cc12. The number of carbonyl (C=O) groups is 3. The number of nitrogens with two attached hydrogens (primary N) is 1. The highest BCUT2D eigenvalue weighted by molar-refractivity contribution is 6.05. The number of rotatable bonds is 8. The Labute approximate surface area is 260 Å². The number of alkyl halides is 1. The third-order valence-electron chi connectivity index (χ3n) is 8.96. The van der Waals surface area contributed by atoms with Gasteiger partial charge in [-0.25, -0.2) is 18.2 Å². The number of likely N-dealkylation sites (tertiary alicyclic amines) is 1. The van der Waals surface area contributed by atoms with Crippen molar-refractivity contribution in [3.05, 3.63) is 71.9 Å². The van der Waals surface area contributed by atoms with E-state index < -0.39 is 41.4 Å². The topological polar surface area (TPSA) is 142 Å². The Hall–Kier alpha value is -5.14. The summed E-state index contributed by atoms with van der Waals surface area (Å²) >= 11 is 0. The molecule has 0 bridgehead atoms. The maximum Gasteiger partial charge on any atom is 0.269 e. The molecular formula is C32H29F3N8O3. The number of halogens is 3. The third kappa shape index (κ3) is 5.16. The number of hydrogen-bond acceptors (Lipinski definition) is 7. The number of Topliss-reactive ketones (excluding diaryl/α,β-unsaturated/α-hetero) is 1. The maximum atomic E-state index is 15.0.